The van der Waals surface area contributed by atoms with Crippen molar-refractivity contribution in [1.82, 2.24) is 10.1 Å². The third kappa shape index (κ3) is 1.91. The Morgan fingerprint density at radius 1 is 1.44 bits per heavy atom. The molecule has 5 nitrogen and oxygen atoms in total. The van der Waals surface area contributed by atoms with Crippen LogP contribution in [-0.4, -0.2) is 17.3 Å². The van der Waals surface area contributed by atoms with Gasteiger partial charge in [-0.15, -0.1) is 11.3 Å². The number of hydrogen-bond acceptors (Lipinski definition) is 7. The maximum atomic E-state index is 5.74. The van der Waals surface area contributed by atoms with Gasteiger partial charge in [-0.05, 0) is 12.1 Å². The number of thiazole rings is 1. The summed E-state index contributed by atoms with van der Waals surface area (Å²) in [7, 11) is 1.60. The first-order valence-corrected chi connectivity index (χ1v) is 6.78. The molecule has 92 valence electrons. The minimum absolute atomic E-state index is 0.340. The Morgan fingerprint density at radius 2 is 2.33 bits per heavy atom. The van der Waals surface area contributed by atoms with Crippen LogP contribution in [0.25, 0.3) is 11.0 Å². The van der Waals surface area contributed by atoms with Gasteiger partial charge < -0.3 is 15.0 Å². The molecule has 0 fully saturated rings. The van der Waals surface area contributed by atoms with E-state index in [2.05, 4.69) is 10.1 Å². The van der Waals surface area contributed by atoms with Gasteiger partial charge in [-0.1, -0.05) is 16.9 Å². The predicted octanol–water partition coefficient (Wildman–Crippen LogP) is 3.03. The number of anilines is 1. The molecule has 0 aliphatic rings. The van der Waals surface area contributed by atoms with Gasteiger partial charge in [0, 0.05) is 16.5 Å². The Balaban J connectivity index is 2.08. The lowest BCUT2D eigenvalue weighted by atomic mass is 10.2. The van der Waals surface area contributed by atoms with Crippen molar-refractivity contribution in [3.8, 4) is 5.75 Å². The fraction of sp³-hybridized carbons (Fsp3) is 0.0909. The number of aromatic nitrogens is 2. The Hall–Kier alpha value is -1.73. The molecule has 2 N–H and O–H groups in total. The Bertz CT molecular complexity index is 679. The molecule has 0 amide bonds. The highest BCUT2D eigenvalue weighted by Gasteiger charge is 2.14. The van der Waals surface area contributed by atoms with Crippen LogP contribution in [0.2, 0.25) is 0 Å². The molecule has 0 radical (unpaired) electrons. The van der Waals surface area contributed by atoms with E-state index in [9.17, 15) is 0 Å². The first-order valence-electron chi connectivity index (χ1n) is 5.08. The molecule has 2 heterocycles. The molecule has 2 aromatic heterocycles. The van der Waals surface area contributed by atoms with Crippen molar-refractivity contribution in [3.05, 3.63) is 23.7 Å². The third-order valence-electron chi connectivity index (χ3n) is 2.37. The largest absolute Gasteiger partial charge is 0.496 e. The van der Waals surface area contributed by atoms with Crippen molar-refractivity contribution in [3.63, 3.8) is 0 Å². The van der Waals surface area contributed by atoms with Crippen molar-refractivity contribution in [1.29, 1.82) is 0 Å². The van der Waals surface area contributed by atoms with Gasteiger partial charge in [-0.25, -0.2) is 4.98 Å². The molecule has 3 aromatic rings. The van der Waals surface area contributed by atoms with E-state index in [1.165, 1.54) is 0 Å². The number of methoxy groups -OCH3 is 1. The van der Waals surface area contributed by atoms with Crippen LogP contribution in [0.3, 0.4) is 0 Å². The molecule has 0 atom stereocenters. The van der Waals surface area contributed by atoms with E-state index in [-0.39, 0.29) is 0 Å². The van der Waals surface area contributed by atoms with Crippen LogP contribution in [0.15, 0.2) is 37.5 Å². The zero-order valence-electron chi connectivity index (χ0n) is 9.41. The van der Waals surface area contributed by atoms with Crippen molar-refractivity contribution in [2.45, 2.75) is 9.24 Å². The molecule has 7 heteroatoms. The average Bonchev–Trinajstić information content (AvgIpc) is 2.99. The fourth-order valence-corrected chi connectivity index (χ4v) is 3.27. The van der Waals surface area contributed by atoms with Crippen molar-refractivity contribution in [2.75, 3.05) is 12.8 Å². The SMILES string of the molecule is COc1cc(Sc2nccs2)cc2onc(N)c12. The van der Waals surface area contributed by atoms with Gasteiger partial charge in [0.15, 0.2) is 15.7 Å². The quantitative estimate of drug-likeness (QED) is 0.794. The summed E-state index contributed by atoms with van der Waals surface area (Å²) in [5.74, 6) is 0.998. The van der Waals surface area contributed by atoms with Gasteiger partial charge in [0.1, 0.15) is 11.1 Å². The summed E-state index contributed by atoms with van der Waals surface area (Å²) in [6.07, 6.45) is 1.77. The highest BCUT2D eigenvalue weighted by atomic mass is 32.2. The molecular formula is C11H9N3O2S2. The summed E-state index contributed by atoms with van der Waals surface area (Å²) < 4.78 is 11.4. The van der Waals surface area contributed by atoms with Gasteiger partial charge in [-0.3, -0.25) is 0 Å². The molecule has 1 aromatic carbocycles. The molecule has 0 bridgehead atoms. The van der Waals surface area contributed by atoms with Crippen LogP contribution in [0.1, 0.15) is 0 Å². The van der Waals surface area contributed by atoms with E-state index in [1.54, 1.807) is 36.4 Å². The smallest absolute Gasteiger partial charge is 0.178 e. The van der Waals surface area contributed by atoms with E-state index in [1.807, 2.05) is 17.5 Å². The maximum Gasteiger partial charge on any atom is 0.178 e. The number of nitrogens with two attached hydrogens (primary N) is 1. The van der Waals surface area contributed by atoms with Crippen LogP contribution in [0.4, 0.5) is 5.82 Å². The lowest BCUT2D eigenvalue weighted by Crippen LogP contribution is -1.89. The second-order valence-electron chi connectivity index (χ2n) is 3.47. The van der Waals surface area contributed by atoms with Gasteiger partial charge in [0.25, 0.3) is 0 Å². The Labute approximate surface area is 111 Å². The highest BCUT2D eigenvalue weighted by molar-refractivity contribution is 8.01. The maximum absolute atomic E-state index is 5.74. The van der Waals surface area contributed by atoms with Gasteiger partial charge in [0.05, 0.1) is 7.11 Å². The molecule has 0 unspecified atom stereocenters. The van der Waals surface area contributed by atoms with E-state index >= 15 is 0 Å². The fourth-order valence-electron chi connectivity index (χ4n) is 1.62. The summed E-state index contributed by atoms with van der Waals surface area (Å²) in [4.78, 5) is 5.20. The number of fused-ring (bicyclic) bond motifs is 1. The standard InChI is InChI=1S/C11H9N3O2S2/c1-15-7-4-6(18-11-13-2-3-17-11)5-8-9(7)10(12)14-16-8/h2-5H,1H3,(H2,12,14). The Kier molecular flexibility index (Phi) is 2.85. The number of nitrogen functional groups attached to an aromatic ring is 1. The zero-order chi connectivity index (χ0) is 12.5. The van der Waals surface area contributed by atoms with E-state index < -0.39 is 0 Å². The van der Waals surface area contributed by atoms with Crippen molar-refractivity contribution >= 4 is 39.9 Å². The van der Waals surface area contributed by atoms with Crippen LogP contribution in [0, 0.1) is 0 Å². The molecule has 18 heavy (non-hydrogen) atoms. The summed E-state index contributed by atoms with van der Waals surface area (Å²) in [5.41, 5.74) is 6.35. The minimum Gasteiger partial charge on any atom is -0.496 e. The minimum atomic E-state index is 0.340. The monoisotopic (exact) mass is 279 g/mol. The molecule has 0 saturated heterocycles. The summed E-state index contributed by atoms with van der Waals surface area (Å²) in [6, 6.07) is 3.79. The molecular weight excluding hydrogens is 270 g/mol. The van der Waals surface area contributed by atoms with E-state index in [4.69, 9.17) is 15.0 Å². The van der Waals surface area contributed by atoms with Gasteiger partial charge in [0.2, 0.25) is 0 Å². The second-order valence-corrected chi connectivity index (χ2v) is 5.68. The van der Waals surface area contributed by atoms with Gasteiger partial charge >= 0.3 is 0 Å². The molecule has 0 aliphatic heterocycles. The van der Waals surface area contributed by atoms with E-state index in [0.29, 0.717) is 22.5 Å². The lowest BCUT2D eigenvalue weighted by Gasteiger charge is -2.04. The van der Waals surface area contributed by atoms with E-state index in [0.717, 1.165) is 9.24 Å². The summed E-state index contributed by atoms with van der Waals surface area (Å²) >= 11 is 3.13. The zero-order valence-corrected chi connectivity index (χ0v) is 11.0. The van der Waals surface area contributed by atoms with Crippen molar-refractivity contribution < 1.29 is 9.26 Å². The van der Waals surface area contributed by atoms with Crippen LogP contribution >= 0.6 is 23.1 Å². The Morgan fingerprint density at radius 3 is 3.06 bits per heavy atom. The third-order valence-corrected chi connectivity index (χ3v) is 4.23. The molecule has 0 saturated carbocycles. The topological polar surface area (TPSA) is 74.2 Å². The summed E-state index contributed by atoms with van der Waals surface area (Å²) in [6.45, 7) is 0. The van der Waals surface area contributed by atoms with Crippen LogP contribution in [-0.2, 0) is 0 Å². The first-order chi connectivity index (χ1) is 8.78. The molecule has 0 aliphatic carbocycles. The van der Waals surface area contributed by atoms with Crippen LogP contribution in [0.5, 0.6) is 5.75 Å². The predicted molar refractivity (Wildman–Crippen MR) is 71.2 cm³/mol. The first kappa shape index (κ1) is 11.4. The number of rotatable bonds is 3. The van der Waals surface area contributed by atoms with Gasteiger partial charge in [-0.2, -0.15) is 0 Å². The number of hydrogen-bond donors (Lipinski definition) is 1. The lowest BCUT2D eigenvalue weighted by molar-refractivity contribution is 0.418. The second kappa shape index (κ2) is 4.51. The summed E-state index contributed by atoms with van der Waals surface area (Å²) in [5, 5.41) is 6.39. The normalized spacial score (nSPS) is 10.9. The highest BCUT2D eigenvalue weighted by Crippen LogP contribution is 2.38. The molecule has 3 rings (SSSR count). The number of ether oxygens (including phenoxy) is 1. The molecule has 0 spiro atoms. The number of benzene rings is 1. The van der Waals surface area contributed by atoms with Crippen LogP contribution < -0.4 is 10.5 Å². The number of nitrogens with zero attached hydrogens (tertiary/aromatic N) is 2. The van der Waals surface area contributed by atoms with Crippen molar-refractivity contribution in [2.24, 2.45) is 0 Å². The average molecular weight is 279 g/mol.